The van der Waals surface area contributed by atoms with Crippen LogP contribution in [0.4, 0.5) is 0 Å². The summed E-state index contributed by atoms with van der Waals surface area (Å²) in [4.78, 5) is 55.3. The van der Waals surface area contributed by atoms with Crippen LogP contribution in [0.3, 0.4) is 0 Å². The number of methoxy groups -OCH3 is 2. The Labute approximate surface area is 267 Å². The summed E-state index contributed by atoms with van der Waals surface area (Å²) >= 11 is 0. The monoisotopic (exact) mass is 628 g/mol. The number of aryl methyl sites for hydroxylation is 2. The van der Waals surface area contributed by atoms with Crippen LogP contribution in [-0.2, 0) is 22.6 Å². The number of carbonyl (C=O) groups excluding carboxylic acids is 3. The molecule has 0 unspecified atom stereocenters. The summed E-state index contributed by atoms with van der Waals surface area (Å²) in [5.74, 6) is 0.807. The zero-order chi connectivity index (χ0) is 33.0. The zero-order valence-electron chi connectivity index (χ0n) is 27.1. The maximum atomic E-state index is 13.9. The molecular formula is C33H40N8O5. The van der Waals surface area contributed by atoms with Crippen LogP contribution in [0.1, 0.15) is 59.6 Å². The number of amides is 3. The molecule has 0 saturated heterocycles. The fourth-order valence-corrected chi connectivity index (χ4v) is 5.84. The van der Waals surface area contributed by atoms with Crippen LogP contribution in [0.5, 0.6) is 11.5 Å². The summed E-state index contributed by atoms with van der Waals surface area (Å²) in [6.07, 6.45) is 5.69. The third-order valence-electron chi connectivity index (χ3n) is 8.16. The second-order valence-corrected chi connectivity index (χ2v) is 11.8. The molecule has 3 amide bonds. The van der Waals surface area contributed by atoms with E-state index in [0.29, 0.717) is 46.8 Å². The Hall–Kier alpha value is -5.07. The average molecular weight is 629 g/mol. The molecule has 4 bridgehead atoms. The summed E-state index contributed by atoms with van der Waals surface area (Å²) in [5.41, 5.74) is 5.00. The van der Waals surface area contributed by atoms with Gasteiger partial charge in [0.05, 0.1) is 19.8 Å². The van der Waals surface area contributed by atoms with E-state index in [0.717, 1.165) is 22.5 Å². The number of pyridine rings is 1. The number of hydrogen-bond donors (Lipinski definition) is 2. The van der Waals surface area contributed by atoms with Gasteiger partial charge in [-0.3, -0.25) is 19.4 Å². The highest BCUT2D eigenvalue weighted by atomic mass is 16.5. The fourth-order valence-electron chi connectivity index (χ4n) is 5.84. The third-order valence-corrected chi connectivity index (χ3v) is 8.16. The van der Waals surface area contributed by atoms with Crippen molar-refractivity contribution in [2.45, 2.75) is 59.5 Å². The molecular weight excluding hydrogens is 588 g/mol. The minimum absolute atomic E-state index is 0.0944. The molecule has 3 aromatic heterocycles. The Kier molecular flexibility index (Phi) is 9.78. The maximum absolute atomic E-state index is 13.9. The summed E-state index contributed by atoms with van der Waals surface area (Å²) in [6.45, 7) is 8.53. The molecule has 1 atom stereocenters. The lowest BCUT2D eigenvalue weighted by Gasteiger charge is -2.25. The molecule has 1 aromatic carbocycles. The number of hydrogen-bond acceptors (Lipinski definition) is 9. The van der Waals surface area contributed by atoms with Gasteiger partial charge in [-0.25, -0.2) is 9.50 Å². The van der Waals surface area contributed by atoms with Gasteiger partial charge in [-0.05, 0) is 61.9 Å². The first kappa shape index (κ1) is 32.3. The predicted octanol–water partition coefficient (Wildman–Crippen LogP) is 3.06. The van der Waals surface area contributed by atoms with E-state index < -0.39 is 11.9 Å². The molecule has 5 rings (SSSR count). The van der Waals surface area contributed by atoms with Crippen molar-refractivity contribution in [2.75, 3.05) is 27.3 Å². The molecule has 2 N–H and O–H groups in total. The van der Waals surface area contributed by atoms with Gasteiger partial charge in [0.15, 0.2) is 11.5 Å². The van der Waals surface area contributed by atoms with E-state index in [1.807, 2.05) is 39.8 Å². The van der Waals surface area contributed by atoms with E-state index in [1.165, 1.54) is 12.5 Å². The number of benzene rings is 1. The molecule has 0 spiro atoms. The number of ether oxygens (including phenoxy) is 2. The Morgan fingerprint density at radius 3 is 2.61 bits per heavy atom. The normalized spacial score (nSPS) is 15.6. The molecule has 0 radical (unpaired) electrons. The quantitative estimate of drug-likeness (QED) is 0.314. The average Bonchev–Trinajstić information content (AvgIpc) is 3.51. The van der Waals surface area contributed by atoms with Crippen LogP contribution >= 0.6 is 0 Å². The lowest BCUT2D eigenvalue weighted by Crippen LogP contribution is -2.49. The van der Waals surface area contributed by atoms with Crippen LogP contribution < -0.4 is 20.1 Å². The first-order chi connectivity index (χ1) is 22.1. The van der Waals surface area contributed by atoms with E-state index in [4.69, 9.17) is 9.47 Å². The number of nitrogens with zero attached hydrogens (tertiary/aromatic N) is 6. The van der Waals surface area contributed by atoms with Crippen molar-refractivity contribution in [3.63, 3.8) is 0 Å². The lowest BCUT2D eigenvalue weighted by atomic mass is 10.00. The van der Waals surface area contributed by atoms with Crippen LogP contribution in [0.15, 0.2) is 36.9 Å². The Balaban J connectivity index is 1.51. The number of carbonyl (C=O) groups is 3. The van der Waals surface area contributed by atoms with E-state index in [-0.39, 0.29) is 43.8 Å². The molecule has 0 saturated carbocycles. The Bertz CT molecular complexity index is 1770. The summed E-state index contributed by atoms with van der Waals surface area (Å²) in [7, 11) is 3.10. The van der Waals surface area contributed by atoms with Gasteiger partial charge in [-0.1, -0.05) is 13.8 Å². The van der Waals surface area contributed by atoms with Crippen molar-refractivity contribution in [3.8, 4) is 22.6 Å². The van der Waals surface area contributed by atoms with Gasteiger partial charge in [-0.2, -0.15) is 10.1 Å². The van der Waals surface area contributed by atoms with Gasteiger partial charge in [0, 0.05) is 61.0 Å². The molecule has 4 heterocycles. The van der Waals surface area contributed by atoms with E-state index in [2.05, 4.69) is 30.7 Å². The molecule has 0 aliphatic carbocycles. The van der Waals surface area contributed by atoms with Crippen LogP contribution in [0.25, 0.3) is 16.9 Å². The molecule has 1 aliphatic heterocycles. The molecule has 13 nitrogen and oxygen atoms in total. The lowest BCUT2D eigenvalue weighted by molar-refractivity contribution is -0.132. The van der Waals surface area contributed by atoms with Crippen molar-refractivity contribution < 1.29 is 23.9 Å². The van der Waals surface area contributed by atoms with Crippen LogP contribution in [0.2, 0.25) is 0 Å². The first-order valence-electron chi connectivity index (χ1n) is 15.3. The second-order valence-electron chi connectivity index (χ2n) is 11.8. The third kappa shape index (κ3) is 6.93. The van der Waals surface area contributed by atoms with Gasteiger partial charge in [-0.15, -0.1) is 0 Å². The predicted molar refractivity (Wildman–Crippen MR) is 170 cm³/mol. The Morgan fingerprint density at radius 1 is 1.09 bits per heavy atom. The Morgan fingerprint density at radius 2 is 1.87 bits per heavy atom. The minimum atomic E-state index is -0.758. The van der Waals surface area contributed by atoms with Crippen molar-refractivity contribution in [1.82, 2.24) is 40.1 Å². The highest BCUT2D eigenvalue weighted by molar-refractivity contribution is 5.98. The SMILES string of the molecule is COc1cc2cc(c1OC)-c1cncc(c1)C(=O)N[C@H](CC(C)C)C(=O)NCCN(C(=O)CCc1c(C)nc3ncnn3c1C)C2. The first-order valence-corrected chi connectivity index (χ1v) is 15.3. The minimum Gasteiger partial charge on any atom is -0.493 e. The molecule has 1 aliphatic rings. The van der Waals surface area contributed by atoms with Crippen molar-refractivity contribution >= 4 is 23.5 Å². The fraction of sp³-hybridized carbons (Fsp3) is 0.424. The molecule has 13 heteroatoms. The smallest absolute Gasteiger partial charge is 0.253 e. The largest absolute Gasteiger partial charge is 0.493 e. The molecule has 4 aromatic rings. The number of rotatable bonds is 7. The van der Waals surface area contributed by atoms with Crippen LogP contribution in [0, 0.1) is 19.8 Å². The highest BCUT2D eigenvalue weighted by Crippen LogP contribution is 2.39. The van der Waals surface area contributed by atoms with Gasteiger partial charge in [0.1, 0.15) is 12.4 Å². The van der Waals surface area contributed by atoms with Crippen molar-refractivity contribution in [3.05, 3.63) is 65.0 Å². The van der Waals surface area contributed by atoms with Gasteiger partial charge in [0.25, 0.3) is 11.7 Å². The standard InChI is InChI=1S/C33H40N8O5/c1-19(2)11-27-32(44)35-9-10-40(29(42)8-7-25-20(3)38-33-36-18-37-41(33)21(25)4)17-22-12-26(30(46-6)28(13-22)45-5)23-14-24(16-34-15-23)31(43)39-27/h12-16,18-19,27H,7-11,17H2,1-6H3,(H,35,44)(H,39,43)/t27-/m1/s1. The summed E-state index contributed by atoms with van der Waals surface area (Å²) < 4.78 is 13.1. The molecule has 46 heavy (non-hydrogen) atoms. The summed E-state index contributed by atoms with van der Waals surface area (Å²) in [6, 6.07) is 4.70. The maximum Gasteiger partial charge on any atom is 0.253 e. The number of fused-ring (bicyclic) bond motifs is 6. The second kappa shape index (κ2) is 13.9. The van der Waals surface area contributed by atoms with E-state index >= 15 is 0 Å². The van der Waals surface area contributed by atoms with Gasteiger partial charge in [0.2, 0.25) is 11.8 Å². The van der Waals surface area contributed by atoms with Gasteiger partial charge < -0.3 is 25.0 Å². The van der Waals surface area contributed by atoms with E-state index in [1.54, 1.807) is 35.9 Å². The topological polar surface area (TPSA) is 153 Å². The van der Waals surface area contributed by atoms with Crippen LogP contribution in [-0.4, -0.2) is 80.5 Å². The van der Waals surface area contributed by atoms with E-state index in [9.17, 15) is 14.4 Å². The molecule has 242 valence electrons. The molecule has 0 fully saturated rings. The van der Waals surface area contributed by atoms with Crippen molar-refractivity contribution in [1.29, 1.82) is 0 Å². The highest BCUT2D eigenvalue weighted by Gasteiger charge is 2.25. The van der Waals surface area contributed by atoms with Gasteiger partial charge >= 0.3 is 0 Å². The zero-order valence-corrected chi connectivity index (χ0v) is 27.1. The summed E-state index contributed by atoms with van der Waals surface area (Å²) in [5, 5.41) is 10.1. The van der Waals surface area contributed by atoms with Crippen molar-refractivity contribution in [2.24, 2.45) is 5.92 Å². The number of aromatic nitrogens is 5. The number of nitrogens with one attached hydrogen (secondary N) is 2.